The number of hydrogen-bond acceptors (Lipinski definition) is 3. The molecule has 0 atom stereocenters. The second kappa shape index (κ2) is 14.3. The first-order chi connectivity index (χ1) is 13.7. The molecule has 0 radical (unpaired) electrons. The molecule has 0 saturated heterocycles. The lowest BCUT2D eigenvalue weighted by Gasteiger charge is -2.14. The predicted molar refractivity (Wildman–Crippen MR) is 121 cm³/mol. The zero-order valence-electron chi connectivity index (χ0n) is 18.9. The second-order valence-electron chi connectivity index (χ2n) is 4.96. The highest BCUT2D eigenvalue weighted by molar-refractivity contribution is 5.76. The molecule has 4 heteroatoms. The minimum absolute atomic E-state index is 0.761. The molecule has 0 unspecified atom stereocenters. The molecule has 0 spiro atoms. The minimum Gasteiger partial charge on any atom is -0.496 e. The number of aryl methyl sites for hydroxylation is 1. The van der Waals surface area contributed by atoms with Gasteiger partial charge in [-0.3, -0.25) is 0 Å². The van der Waals surface area contributed by atoms with Crippen molar-refractivity contribution in [3.63, 3.8) is 0 Å². The van der Waals surface area contributed by atoms with E-state index >= 15 is 0 Å². The maximum atomic E-state index is 5.52. The zero-order valence-corrected chi connectivity index (χ0v) is 18.9. The average Bonchev–Trinajstić information content (AvgIpc) is 3.19. The Labute approximate surface area is 171 Å². The van der Waals surface area contributed by atoms with Crippen LogP contribution in [-0.2, 0) is 0 Å². The van der Waals surface area contributed by atoms with Gasteiger partial charge in [-0.15, -0.1) is 0 Å². The number of rotatable bonds is 4. The van der Waals surface area contributed by atoms with Gasteiger partial charge >= 0.3 is 0 Å². The molecule has 0 aliphatic rings. The molecular weight excluding hydrogens is 348 g/mol. The number of aromatic nitrogens is 2. The molecule has 3 rings (SSSR count). The van der Waals surface area contributed by atoms with Gasteiger partial charge in [-0.25, -0.2) is 4.68 Å². The molecule has 3 aromatic rings. The summed E-state index contributed by atoms with van der Waals surface area (Å²) in [6, 6.07) is 17.8. The van der Waals surface area contributed by atoms with Crippen LogP contribution in [0.3, 0.4) is 0 Å². The van der Waals surface area contributed by atoms with Gasteiger partial charge in [0.1, 0.15) is 11.5 Å². The van der Waals surface area contributed by atoms with Crippen molar-refractivity contribution in [1.82, 2.24) is 9.78 Å². The van der Waals surface area contributed by atoms with Crippen LogP contribution in [0, 0.1) is 6.92 Å². The Balaban J connectivity index is 0.00000111. The fourth-order valence-corrected chi connectivity index (χ4v) is 2.55. The lowest BCUT2D eigenvalue weighted by Crippen LogP contribution is -2.01. The van der Waals surface area contributed by atoms with E-state index in [0.717, 1.165) is 34.1 Å². The van der Waals surface area contributed by atoms with Crippen molar-refractivity contribution in [2.24, 2.45) is 0 Å². The molecular formula is C24H36N2O2. The summed E-state index contributed by atoms with van der Waals surface area (Å²) in [6.07, 6.45) is 0. The van der Waals surface area contributed by atoms with Gasteiger partial charge in [0.05, 0.1) is 36.9 Å². The molecule has 1 aromatic heterocycles. The molecule has 0 bridgehead atoms. The van der Waals surface area contributed by atoms with E-state index in [9.17, 15) is 0 Å². The maximum absolute atomic E-state index is 5.52. The number of benzene rings is 2. The van der Waals surface area contributed by atoms with Gasteiger partial charge in [0.25, 0.3) is 0 Å². The van der Waals surface area contributed by atoms with Crippen LogP contribution in [0.15, 0.2) is 54.6 Å². The van der Waals surface area contributed by atoms with E-state index in [1.165, 1.54) is 0 Å². The van der Waals surface area contributed by atoms with Crippen molar-refractivity contribution in [1.29, 1.82) is 0 Å². The van der Waals surface area contributed by atoms with Crippen molar-refractivity contribution in [2.75, 3.05) is 14.2 Å². The van der Waals surface area contributed by atoms with Gasteiger partial charge in [0.15, 0.2) is 0 Å². The van der Waals surface area contributed by atoms with E-state index in [2.05, 4.69) is 5.10 Å². The first-order valence-electron chi connectivity index (χ1n) is 10.1. The number of ether oxygens (including phenoxy) is 2. The Morgan fingerprint density at radius 2 is 1.21 bits per heavy atom. The summed E-state index contributed by atoms with van der Waals surface area (Å²) in [4.78, 5) is 0. The van der Waals surface area contributed by atoms with Gasteiger partial charge in [-0.05, 0) is 37.3 Å². The monoisotopic (exact) mass is 384 g/mol. The Morgan fingerprint density at radius 3 is 1.68 bits per heavy atom. The van der Waals surface area contributed by atoms with Crippen LogP contribution in [0.2, 0.25) is 0 Å². The minimum atomic E-state index is 0.761. The van der Waals surface area contributed by atoms with Crippen LogP contribution in [0.4, 0.5) is 0 Å². The molecule has 4 nitrogen and oxygen atoms in total. The first-order valence-corrected chi connectivity index (χ1v) is 10.1. The number of hydrogen-bond donors (Lipinski definition) is 0. The summed E-state index contributed by atoms with van der Waals surface area (Å²) < 4.78 is 13.0. The molecule has 154 valence electrons. The normalized spacial score (nSPS) is 8.89. The lowest BCUT2D eigenvalue weighted by atomic mass is 10.1. The van der Waals surface area contributed by atoms with Gasteiger partial charge in [0, 0.05) is 0 Å². The van der Waals surface area contributed by atoms with Gasteiger partial charge < -0.3 is 9.47 Å². The van der Waals surface area contributed by atoms with Gasteiger partial charge in [0.2, 0.25) is 0 Å². The van der Waals surface area contributed by atoms with Crippen molar-refractivity contribution in [3.8, 4) is 28.4 Å². The van der Waals surface area contributed by atoms with Gasteiger partial charge in [-0.1, -0.05) is 65.8 Å². The standard InChI is InChI=1S/C18H18N2O2.3C2H6/c1-13-12-15(20(19-13)14-8-5-4-6-9-14)18-16(21-2)10-7-11-17(18)22-3;3*1-2/h4-12H,1-3H3;3*1-2H3. The van der Waals surface area contributed by atoms with Gasteiger partial charge in [-0.2, -0.15) is 5.10 Å². The van der Waals surface area contributed by atoms with E-state index in [1.807, 2.05) is 108 Å². The zero-order chi connectivity index (χ0) is 21.5. The van der Waals surface area contributed by atoms with Crippen LogP contribution >= 0.6 is 0 Å². The molecule has 0 saturated carbocycles. The Bertz CT molecular complexity index is 758. The highest BCUT2D eigenvalue weighted by Crippen LogP contribution is 2.39. The van der Waals surface area contributed by atoms with Crippen molar-refractivity contribution < 1.29 is 9.47 Å². The van der Waals surface area contributed by atoms with Crippen LogP contribution < -0.4 is 9.47 Å². The van der Waals surface area contributed by atoms with Crippen molar-refractivity contribution in [3.05, 3.63) is 60.3 Å². The SMILES string of the molecule is CC.CC.CC.COc1cccc(OC)c1-c1cc(C)nn1-c1ccccc1. The van der Waals surface area contributed by atoms with Crippen molar-refractivity contribution >= 4 is 0 Å². The first kappa shape index (κ1) is 25.2. The second-order valence-corrected chi connectivity index (χ2v) is 4.96. The average molecular weight is 385 g/mol. The van der Waals surface area contributed by atoms with E-state index in [4.69, 9.17) is 9.47 Å². The molecule has 28 heavy (non-hydrogen) atoms. The van der Waals surface area contributed by atoms with E-state index in [-0.39, 0.29) is 0 Å². The Hall–Kier alpha value is -2.75. The molecule has 0 amide bonds. The summed E-state index contributed by atoms with van der Waals surface area (Å²) >= 11 is 0. The third-order valence-electron chi connectivity index (χ3n) is 3.52. The quantitative estimate of drug-likeness (QED) is 0.488. The van der Waals surface area contributed by atoms with Crippen molar-refractivity contribution in [2.45, 2.75) is 48.5 Å². The third-order valence-corrected chi connectivity index (χ3v) is 3.52. The predicted octanol–water partition coefficient (Wildman–Crippen LogP) is 6.94. The number of methoxy groups -OCH3 is 2. The van der Waals surface area contributed by atoms with Crippen LogP contribution in [0.5, 0.6) is 11.5 Å². The topological polar surface area (TPSA) is 36.3 Å². The lowest BCUT2D eigenvalue weighted by molar-refractivity contribution is 0.397. The maximum Gasteiger partial charge on any atom is 0.132 e. The van der Waals surface area contributed by atoms with E-state index in [0.29, 0.717) is 0 Å². The fraction of sp³-hybridized carbons (Fsp3) is 0.375. The van der Waals surface area contributed by atoms with Crippen LogP contribution in [0.25, 0.3) is 16.9 Å². The van der Waals surface area contributed by atoms with Crippen LogP contribution in [0.1, 0.15) is 47.2 Å². The summed E-state index contributed by atoms with van der Waals surface area (Å²) in [5.74, 6) is 1.52. The highest BCUT2D eigenvalue weighted by Gasteiger charge is 2.18. The number of para-hydroxylation sites is 1. The third kappa shape index (κ3) is 6.15. The molecule has 0 aliphatic heterocycles. The summed E-state index contributed by atoms with van der Waals surface area (Å²) in [5.41, 5.74) is 3.78. The highest BCUT2D eigenvalue weighted by atomic mass is 16.5. The Kier molecular flexibility index (Phi) is 12.9. The van der Waals surface area contributed by atoms with E-state index in [1.54, 1.807) is 14.2 Å². The smallest absolute Gasteiger partial charge is 0.132 e. The summed E-state index contributed by atoms with van der Waals surface area (Å²) in [6.45, 7) is 14.0. The summed E-state index contributed by atoms with van der Waals surface area (Å²) in [7, 11) is 3.32. The largest absolute Gasteiger partial charge is 0.496 e. The molecule has 2 aromatic carbocycles. The summed E-state index contributed by atoms with van der Waals surface area (Å²) in [5, 5.41) is 4.61. The number of nitrogens with zero attached hydrogens (tertiary/aromatic N) is 2. The van der Waals surface area contributed by atoms with Crippen LogP contribution in [-0.4, -0.2) is 24.0 Å². The molecule has 0 fully saturated rings. The molecule has 0 N–H and O–H groups in total. The Morgan fingerprint density at radius 1 is 0.714 bits per heavy atom. The molecule has 0 aliphatic carbocycles. The fourth-order valence-electron chi connectivity index (χ4n) is 2.55. The van der Waals surface area contributed by atoms with E-state index < -0.39 is 0 Å². The molecule has 1 heterocycles.